The van der Waals surface area contributed by atoms with Crippen LogP contribution in [0, 0.1) is 27.7 Å². The Morgan fingerprint density at radius 2 is 1.93 bits per heavy atom. The molecule has 0 unspecified atom stereocenters. The number of aryl methyl sites for hydroxylation is 4. The lowest BCUT2D eigenvalue weighted by atomic mass is 9.98. The monoisotopic (exact) mass is 360 g/mol. The standard InChI is InChI=1S/C22H24N4O/c1-14-6-5-7-19(12-14)18-8-10-25(11-9-18)22(27)20-17(4)24-26-16(3)13-15(2)23-21(20)26/h5-8,12-13H,9-11H2,1-4H3. The van der Waals surface area contributed by atoms with E-state index in [2.05, 4.69) is 47.3 Å². The molecule has 0 saturated heterocycles. The normalized spacial score (nSPS) is 14.5. The van der Waals surface area contributed by atoms with Crippen LogP contribution in [0.5, 0.6) is 0 Å². The average molecular weight is 360 g/mol. The van der Waals surface area contributed by atoms with Crippen molar-refractivity contribution in [3.63, 3.8) is 0 Å². The summed E-state index contributed by atoms with van der Waals surface area (Å²) in [5, 5.41) is 4.53. The third kappa shape index (κ3) is 3.14. The van der Waals surface area contributed by atoms with E-state index in [1.807, 2.05) is 31.7 Å². The molecular weight excluding hydrogens is 336 g/mol. The first kappa shape index (κ1) is 17.5. The van der Waals surface area contributed by atoms with Gasteiger partial charge in [-0.2, -0.15) is 5.10 Å². The summed E-state index contributed by atoms with van der Waals surface area (Å²) in [6, 6.07) is 10.5. The van der Waals surface area contributed by atoms with Gasteiger partial charge in [0.25, 0.3) is 5.91 Å². The first-order valence-corrected chi connectivity index (χ1v) is 9.33. The molecule has 5 nitrogen and oxygen atoms in total. The van der Waals surface area contributed by atoms with E-state index in [0.29, 0.717) is 24.3 Å². The first-order valence-electron chi connectivity index (χ1n) is 9.33. The van der Waals surface area contributed by atoms with Gasteiger partial charge in [0.2, 0.25) is 0 Å². The Morgan fingerprint density at radius 1 is 1.11 bits per heavy atom. The molecule has 1 aliphatic heterocycles. The highest BCUT2D eigenvalue weighted by Crippen LogP contribution is 2.25. The van der Waals surface area contributed by atoms with Crippen molar-refractivity contribution in [3.05, 3.63) is 70.2 Å². The summed E-state index contributed by atoms with van der Waals surface area (Å²) in [5.74, 6) is 0.0135. The number of aromatic nitrogens is 3. The van der Waals surface area contributed by atoms with Gasteiger partial charge in [0.05, 0.1) is 5.69 Å². The molecule has 0 fully saturated rings. The summed E-state index contributed by atoms with van der Waals surface area (Å²) in [6.07, 6.45) is 3.03. The van der Waals surface area contributed by atoms with Gasteiger partial charge in [-0.05, 0) is 51.3 Å². The van der Waals surface area contributed by atoms with E-state index in [0.717, 1.165) is 23.5 Å². The van der Waals surface area contributed by atoms with Crippen LogP contribution in [-0.2, 0) is 0 Å². The van der Waals surface area contributed by atoms with E-state index in [-0.39, 0.29) is 5.91 Å². The molecule has 3 heterocycles. The first-order chi connectivity index (χ1) is 12.9. The van der Waals surface area contributed by atoms with Crippen molar-refractivity contribution in [2.24, 2.45) is 0 Å². The lowest BCUT2D eigenvalue weighted by Crippen LogP contribution is -2.35. The minimum absolute atomic E-state index is 0.0135. The Balaban J connectivity index is 1.64. The number of hydrogen-bond donors (Lipinski definition) is 0. The van der Waals surface area contributed by atoms with Crippen LogP contribution in [0.15, 0.2) is 36.4 Å². The van der Waals surface area contributed by atoms with Crippen molar-refractivity contribution in [1.29, 1.82) is 0 Å². The fourth-order valence-electron chi connectivity index (χ4n) is 3.80. The van der Waals surface area contributed by atoms with Crippen molar-refractivity contribution in [2.75, 3.05) is 13.1 Å². The number of carbonyl (C=O) groups is 1. The molecule has 2 aromatic heterocycles. The summed E-state index contributed by atoms with van der Waals surface area (Å²) in [7, 11) is 0. The fourth-order valence-corrected chi connectivity index (χ4v) is 3.80. The molecule has 1 aromatic carbocycles. The highest BCUT2D eigenvalue weighted by atomic mass is 16.2. The maximum atomic E-state index is 13.2. The second-order valence-corrected chi connectivity index (χ2v) is 7.33. The van der Waals surface area contributed by atoms with E-state index in [4.69, 9.17) is 0 Å². The summed E-state index contributed by atoms with van der Waals surface area (Å²) in [6.45, 7) is 9.24. The van der Waals surface area contributed by atoms with Crippen LogP contribution >= 0.6 is 0 Å². The molecule has 1 amide bonds. The predicted octanol–water partition coefficient (Wildman–Crippen LogP) is 3.89. The van der Waals surface area contributed by atoms with Gasteiger partial charge < -0.3 is 4.90 Å². The van der Waals surface area contributed by atoms with Crippen LogP contribution in [0.2, 0.25) is 0 Å². The van der Waals surface area contributed by atoms with Crippen molar-refractivity contribution < 1.29 is 4.79 Å². The highest BCUT2D eigenvalue weighted by molar-refractivity contribution is 6.01. The van der Waals surface area contributed by atoms with E-state index in [1.165, 1.54) is 16.7 Å². The maximum absolute atomic E-state index is 13.2. The van der Waals surface area contributed by atoms with Gasteiger partial charge in [-0.1, -0.05) is 35.9 Å². The van der Waals surface area contributed by atoms with Crippen molar-refractivity contribution in [3.8, 4) is 0 Å². The minimum atomic E-state index is 0.0135. The lowest BCUT2D eigenvalue weighted by Gasteiger charge is -2.26. The van der Waals surface area contributed by atoms with Gasteiger partial charge in [0, 0.05) is 24.5 Å². The molecule has 0 spiro atoms. The zero-order valence-corrected chi connectivity index (χ0v) is 16.3. The Labute approximate surface area is 159 Å². The molecule has 3 aromatic rings. The Kier molecular flexibility index (Phi) is 4.30. The highest BCUT2D eigenvalue weighted by Gasteiger charge is 2.26. The topological polar surface area (TPSA) is 50.5 Å². The quantitative estimate of drug-likeness (QED) is 0.697. The number of carbonyl (C=O) groups excluding carboxylic acids is 1. The van der Waals surface area contributed by atoms with E-state index in [9.17, 15) is 4.79 Å². The molecular formula is C22H24N4O. The molecule has 138 valence electrons. The van der Waals surface area contributed by atoms with E-state index < -0.39 is 0 Å². The van der Waals surface area contributed by atoms with E-state index in [1.54, 1.807) is 4.52 Å². The van der Waals surface area contributed by atoms with Gasteiger partial charge in [0.1, 0.15) is 5.56 Å². The van der Waals surface area contributed by atoms with Gasteiger partial charge in [-0.15, -0.1) is 0 Å². The minimum Gasteiger partial charge on any atom is -0.334 e. The zero-order chi connectivity index (χ0) is 19.1. The molecule has 1 aliphatic rings. The number of amides is 1. The summed E-state index contributed by atoms with van der Waals surface area (Å²) >= 11 is 0. The second-order valence-electron chi connectivity index (χ2n) is 7.33. The molecule has 27 heavy (non-hydrogen) atoms. The van der Waals surface area contributed by atoms with Crippen molar-refractivity contribution in [1.82, 2.24) is 19.5 Å². The Morgan fingerprint density at radius 3 is 2.63 bits per heavy atom. The molecule has 0 atom stereocenters. The van der Waals surface area contributed by atoms with Gasteiger partial charge >= 0.3 is 0 Å². The van der Waals surface area contributed by atoms with Crippen LogP contribution in [-0.4, -0.2) is 38.5 Å². The molecule has 0 aliphatic carbocycles. The summed E-state index contributed by atoms with van der Waals surface area (Å²) < 4.78 is 1.77. The van der Waals surface area contributed by atoms with Crippen molar-refractivity contribution >= 4 is 17.1 Å². The van der Waals surface area contributed by atoms with Gasteiger partial charge in [0.15, 0.2) is 5.65 Å². The largest absolute Gasteiger partial charge is 0.334 e. The van der Waals surface area contributed by atoms with Crippen LogP contribution in [0.4, 0.5) is 0 Å². The van der Waals surface area contributed by atoms with Crippen LogP contribution < -0.4 is 0 Å². The SMILES string of the molecule is Cc1cccc(C2=CCN(C(=O)c3c(C)nn4c(C)cc(C)nc34)CC2)c1. The third-order valence-electron chi connectivity index (χ3n) is 5.17. The Bertz CT molecular complexity index is 1080. The van der Waals surface area contributed by atoms with Crippen LogP contribution in [0.3, 0.4) is 0 Å². The third-order valence-corrected chi connectivity index (χ3v) is 5.17. The molecule has 0 radical (unpaired) electrons. The van der Waals surface area contributed by atoms with Gasteiger partial charge in [-0.25, -0.2) is 9.50 Å². The van der Waals surface area contributed by atoms with Crippen LogP contribution in [0.1, 0.15) is 45.0 Å². The predicted molar refractivity (Wildman–Crippen MR) is 107 cm³/mol. The zero-order valence-electron chi connectivity index (χ0n) is 16.3. The number of fused-ring (bicyclic) bond motifs is 1. The van der Waals surface area contributed by atoms with E-state index >= 15 is 0 Å². The number of rotatable bonds is 2. The number of benzene rings is 1. The van der Waals surface area contributed by atoms with Crippen LogP contribution in [0.25, 0.3) is 11.2 Å². The van der Waals surface area contributed by atoms with Gasteiger partial charge in [-0.3, -0.25) is 4.79 Å². The molecule has 0 N–H and O–H groups in total. The lowest BCUT2D eigenvalue weighted by molar-refractivity contribution is 0.0774. The number of hydrogen-bond acceptors (Lipinski definition) is 3. The fraction of sp³-hybridized carbons (Fsp3) is 0.318. The molecule has 5 heteroatoms. The molecule has 0 bridgehead atoms. The average Bonchev–Trinajstić information content (AvgIpc) is 2.97. The second kappa shape index (κ2) is 6.65. The Hall–Kier alpha value is -2.95. The summed E-state index contributed by atoms with van der Waals surface area (Å²) in [5.41, 5.74) is 7.71. The van der Waals surface area contributed by atoms with Crippen molar-refractivity contribution in [2.45, 2.75) is 34.1 Å². The summed E-state index contributed by atoms with van der Waals surface area (Å²) in [4.78, 5) is 19.7. The smallest absolute Gasteiger partial charge is 0.259 e. The maximum Gasteiger partial charge on any atom is 0.259 e. The molecule has 0 saturated carbocycles. The molecule has 4 rings (SSSR count). The number of nitrogens with zero attached hydrogens (tertiary/aromatic N) is 4.